The number of carbonyl (C=O) groups excluding carboxylic acids is 1. The Hall–Kier alpha value is -1.62. The van der Waals surface area contributed by atoms with Gasteiger partial charge in [-0.25, -0.2) is 4.79 Å². The van der Waals surface area contributed by atoms with E-state index in [1.807, 2.05) is 11.4 Å². The lowest BCUT2D eigenvalue weighted by atomic mass is 9.93. The summed E-state index contributed by atoms with van der Waals surface area (Å²) in [5.74, 6) is -1.34. The van der Waals surface area contributed by atoms with Crippen LogP contribution in [0.4, 0.5) is 0 Å². The van der Waals surface area contributed by atoms with Gasteiger partial charge in [0, 0.05) is 16.0 Å². The van der Waals surface area contributed by atoms with Gasteiger partial charge in [-0.2, -0.15) is 0 Å². The fourth-order valence-electron chi connectivity index (χ4n) is 2.23. The van der Waals surface area contributed by atoms with Crippen molar-refractivity contribution in [3.8, 4) is 0 Å². The first kappa shape index (κ1) is 13.8. The molecule has 0 saturated heterocycles. The minimum absolute atomic E-state index is 0.0130. The van der Waals surface area contributed by atoms with E-state index in [1.54, 1.807) is 18.3 Å². The second-order valence-electron chi connectivity index (χ2n) is 4.77. The van der Waals surface area contributed by atoms with Crippen molar-refractivity contribution in [2.24, 2.45) is 0 Å². The predicted octanol–water partition coefficient (Wildman–Crippen LogP) is 2.66. The molecule has 0 spiro atoms. The molecule has 0 aromatic carbocycles. The monoisotopic (exact) mass is 279 g/mol. The van der Waals surface area contributed by atoms with Gasteiger partial charge in [0.2, 0.25) is 5.91 Å². The highest BCUT2D eigenvalue weighted by Gasteiger charge is 2.23. The summed E-state index contributed by atoms with van der Waals surface area (Å²) >= 11 is 1.72. The Labute approximate surface area is 116 Å². The van der Waals surface area contributed by atoms with Gasteiger partial charge >= 0.3 is 5.97 Å². The van der Waals surface area contributed by atoms with Crippen LogP contribution in [0.2, 0.25) is 0 Å². The molecule has 5 heteroatoms. The molecule has 1 aliphatic carbocycles. The number of fused-ring (bicyclic) bond motifs is 1. The van der Waals surface area contributed by atoms with Crippen molar-refractivity contribution >= 4 is 23.2 Å². The molecule has 0 aliphatic heterocycles. The lowest BCUT2D eigenvalue weighted by molar-refractivity contribution is -0.133. The number of hydrogen-bond acceptors (Lipinski definition) is 3. The molecule has 4 nitrogen and oxygen atoms in total. The molecule has 1 aromatic rings. The van der Waals surface area contributed by atoms with Crippen LogP contribution in [0.1, 0.15) is 43.2 Å². The molecule has 0 bridgehead atoms. The quantitative estimate of drug-likeness (QED) is 0.836. The van der Waals surface area contributed by atoms with Gasteiger partial charge in [-0.1, -0.05) is 0 Å². The summed E-state index contributed by atoms with van der Waals surface area (Å²) in [7, 11) is 0. The number of aryl methyl sites for hydroxylation is 1. The molecule has 1 heterocycles. The minimum Gasteiger partial charge on any atom is -0.478 e. The van der Waals surface area contributed by atoms with Crippen molar-refractivity contribution in [3.05, 3.63) is 33.0 Å². The Morgan fingerprint density at radius 1 is 1.37 bits per heavy atom. The highest BCUT2D eigenvalue weighted by molar-refractivity contribution is 7.10. The third-order valence-corrected chi connectivity index (χ3v) is 4.58. The van der Waals surface area contributed by atoms with Gasteiger partial charge in [0.1, 0.15) is 0 Å². The first-order valence-corrected chi connectivity index (χ1v) is 7.16. The van der Waals surface area contributed by atoms with Crippen LogP contribution in [0.3, 0.4) is 0 Å². The Balaban J connectivity index is 2.14. The molecular weight excluding hydrogens is 262 g/mol. The summed E-state index contributed by atoms with van der Waals surface area (Å²) in [5.41, 5.74) is 1.55. The zero-order valence-electron chi connectivity index (χ0n) is 11.0. The summed E-state index contributed by atoms with van der Waals surface area (Å²) < 4.78 is 0. The molecule has 1 atom stereocenters. The molecule has 2 N–H and O–H groups in total. The van der Waals surface area contributed by atoms with Crippen molar-refractivity contribution in [2.45, 2.75) is 39.2 Å². The van der Waals surface area contributed by atoms with Crippen molar-refractivity contribution in [1.82, 2.24) is 5.32 Å². The van der Waals surface area contributed by atoms with Crippen LogP contribution in [0.5, 0.6) is 0 Å². The van der Waals surface area contributed by atoms with Gasteiger partial charge in [0.15, 0.2) is 0 Å². The van der Waals surface area contributed by atoms with Gasteiger partial charge in [0.05, 0.1) is 6.04 Å². The summed E-state index contributed by atoms with van der Waals surface area (Å²) in [4.78, 5) is 24.2. The van der Waals surface area contributed by atoms with Crippen molar-refractivity contribution < 1.29 is 14.7 Å². The summed E-state index contributed by atoms with van der Waals surface area (Å²) in [6.45, 7) is 3.00. The molecule has 102 valence electrons. The van der Waals surface area contributed by atoms with Gasteiger partial charge in [-0.3, -0.25) is 4.79 Å². The topological polar surface area (TPSA) is 66.4 Å². The minimum atomic E-state index is -1.05. The Morgan fingerprint density at radius 3 is 2.79 bits per heavy atom. The van der Waals surface area contributed by atoms with E-state index in [0.29, 0.717) is 0 Å². The van der Waals surface area contributed by atoms with Crippen molar-refractivity contribution in [3.63, 3.8) is 0 Å². The van der Waals surface area contributed by atoms with E-state index >= 15 is 0 Å². The third kappa shape index (κ3) is 2.87. The van der Waals surface area contributed by atoms with E-state index in [-0.39, 0.29) is 23.1 Å². The Bertz CT molecular complexity index is 545. The maximum Gasteiger partial charge on any atom is 0.331 e. The van der Waals surface area contributed by atoms with Crippen LogP contribution in [0, 0.1) is 0 Å². The first-order chi connectivity index (χ1) is 9.00. The number of aliphatic carboxylic acids is 1. The van der Waals surface area contributed by atoms with Gasteiger partial charge < -0.3 is 10.4 Å². The molecule has 0 saturated carbocycles. The van der Waals surface area contributed by atoms with E-state index in [9.17, 15) is 9.59 Å². The summed E-state index contributed by atoms with van der Waals surface area (Å²) in [5, 5.41) is 13.9. The maximum atomic E-state index is 12.1. The molecule has 1 amide bonds. The fraction of sp³-hybridized carbons (Fsp3) is 0.429. The normalized spacial score (nSPS) is 19.4. The lowest BCUT2D eigenvalue weighted by Gasteiger charge is -2.24. The molecule has 1 aliphatic rings. The summed E-state index contributed by atoms with van der Waals surface area (Å²) in [6, 6.07) is 2.06. The van der Waals surface area contributed by atoms with Crippen LogP contribution < -0.4 is 5.32 Å². The highest BCUT2D eigenvalue weighted by atomic mass is 32.1. The molecular formula is C14H17NO3S. The average Bonchev–Trinajstić information content (AvgIpc) is 2.86. The standard InChI is InChI=1S/C14H17NO3S/c1-8(9(2)14(17)18)13(16)15-11-4-3-5-12-10(11)6-7-19-12/h6-7,11H,3-5H2,1-2H3,(H,15,16)(H,17,18). The zero-order valence-corrected chi connectivity index (χ0v) is 11.8. The number of carbonyl (C=O) groups is 2. The van der Waals surface area contributed by atoms with E-state index < -0.39 is 5.97 Å². The Kier molecular flexibility index (Phi) is 4.04. The Morgan fingerprint density at radius 2 is 2.11 bits per heavy atom. The van der Waals surface area contributed by atoms with E-state index in [4.69, 9.17) is 5.11 Å². The van der Waals surface area contributed by atoms with E-state index in [0.717, 1.165) is 19.3 Å². The number of amides is 1. The van der Waals surface area contributed by atoms with Crippen LogP contribution in [-0.2, 0) is 16.0 Å². The molecule has 19 heavy (non-hydrogen) atoms. The van der Waals surface area contributed by atoms with Gasteiger partial charge in [-0.05, 0) is 50.1 Å². The maximum absolute atomic E-state index is 12.1. The largest absolute Gasteiger partial charge is 0.478 e. The average molecular weight is 279 g/mol. The third-order valence-electron chi connectivity index (χ3n) is 3.58. The molecule has 0 fully saturated rings. The number of carboxylic acids is 1. The molecule has 1 aromatic heterocycles. The summed E-state index contributed by atoms with van der Waals surface area (Å²) in [6.07, 6.45) is 3.04. The van der Waals surface area contributed by atoms with Crippen LogP contribution in [0.15, 0.2) is 22.6 Å². The molecule has 1 unspecified atom stereocenters. The van der Waals surface area contributed by atoms with E-state index in [1.165, 1.54) is 17.4 Å². The second kappa shape index (κ2) is 5.57. The van der Waals surface area contributed by atoms with Crippen molar-refractivity contribution in [2.75, 3.05) is 0 Å². The fourth-order valence-corrected chi connectivity index (χ4v) is 3.22. The zero-order chi connectivity index (χ0) is 14.0. The number of carboxylic acid groups (broad SMARTS) is 1. The first-order valence-electron chi connectivity index (χ1n) is 6.28. The SMILES string of the molecule is CC(C(=O)O)=C(C)C(=O)NC1CCCc2sccc21. The van der Waals surface area contributed by atoms with Crippen LogP contribution in [0.25, 0.3) is 0 Å². The molecule has 2 rings (SSSR count). The molecule has 0 radical (unpaired) electrons. The van der Waals surface area contributed by atoms with Gasteiger partial charge in [0.25, 0.3) is 0 Å². The number of thiophene rings is 1. The van der Waals surface area contributed by atoms with Gasteiger partial charge in [-0.15, -0.1) is 11.3 Å². The van der Waals surface area contributed by atoms with Crippen LogP contribution >= 0.6 is 11.3 Å². The van der Waals surface area contributed by atoms with Crippen molar-refractivity contribution in [1.29, 1.82) is 0 Å². The lowest BCUT2D eigenvalue weighted by Crippen LogP contribution is -2.31. The number of hydrogen-bond donors (Lipinski definition) is 2. The van der Waals surface area contributed by atoms with Crippen LogP contribution in [-0.4, -0.2) is 17.0 Å². The number of rotatable bonds is 3. The smallest absolute Gasteiger partial charge is 0.331 e. The predicted molar refractivity (Wildman–Crippen MR) is 74.2 cm³/mol. The number of nitrogens with one attached hydrogen (secondary N) is 1. The second-order valence-corrected chi connectivity index (χ2v) is 5.77. The van der Waals surface area contributed by atoms with E-state index in [2.05, 4.69) is 5.32 Å². The highest BCUT2D eigenvalue weighted by Crippen LogP contribution is 2.33.